The van der Waals surface area contributed by atoms with Crippen LogP contribution in [-0.2, 0) is 17.7 Å². The number of nitrogen functional groups attached to an aromatic ring is 1. The van der Waals surface area contributed by atoms with Gasteiger partial charge in [-0.1, -0.05) is 0 Å². The lowest BCUT2D eigenvalue weighted by Crippen LogP contribution is -2.10. The molecule has 3 nitrogen and oxygen atoms in total. The van der Waals surface area contributed by atoms with Gasteiger partial charge in [0.15, 0.2) is 5.82 Å². The molecule has 1 aliphatic heterocycles. The summed E-state index contributed by atoms with van der Waals surface area (Å²) < 4.78 is 52.4. The first-order valence-corrected chi connectivity index (χ1v) is 7.12. The lowest BCUT2D eigenvalue weighted by molar-refractivity contribution is -0.137. The molecule has 0 amide bonds. The smallest absolute Gasteiger partial charge is 0.383 e. The van der Waals surface area contributed by atoms with Gasteiger partial charge in [0.05, 0.1) is 11.3 Å². The summed E-state index contributed by atoms with van der Waals surface area (Å²) in [4.78, 5) is 8.04. The molecule has 0 atom stereocenters. The van der Waals surface area contributed by atoms with Crippen LogP contribution in [0.4, 0.5) is 23.4 Å². The lowest BCUT2D eigenvalue weighted by Gasteiger charge is -2.13. The maximum atomic E-state index is 13.3. The molecular formula is C13H9F4N3S. The van der Waals surface area contributed by atoms with Crippen LogP contribution in [-0.4, -0.2) is 9.97 Å². The minimum Gasteiger partial charge on any atom is -0.383 e. The molecule has 2 N–H and O–H groups in total. The molecular weight excluding hydrogens is 306 g/mol. The van der Waals surface area contributed by atoms with Crippen molar-refractivity contribution < 1.29 is 17.6 Å². The van der Waals surface area contributed by atoms with Crippen LogP contribution >= 0.6 is 11.8 Å². The van der Waals surface area contributed by atoms with E-state index < -0.39 is 23.1 Å². The number of fused-ring (bicyclic) bond motifs is 1. The van der Waals surface area contributed by atoms with Crippen molar-refractivity contribution in [1.29, 1.82) is 0 Å². The summed E-state index contributed by atoms with van der Waals surface area (Å²) in [6.07, 6.45) is -4.62. The fourth-order valence-electron chi connectivity index (χ4n) is 2.15. The van der Waals surface area contributed by atoms with Gasteiger partial charge in [-0.2, -0.15) is 24.9 Å². The molecule has 1 aromatic heterocycles. The third-order valence-corrected chi connectivity index (χ3v) is 4.11. The molecule has 2 aromatic rings. The van der Waals surface area contributed by atoms with Gasteiger partial charge < -0.3 is 5.73 Å². The van der Waals surface area contributed by atoms with Gasteiger partial charge in [0.2, 0.25) is 0 Å². The van der Waals surface area contributed by atoms with E-state index in [0.717, 1.165) is 17.7 Å². The summed E-state index contributed by atoms with van der Waals surface area (Å²) in [6, 6.07) is 2.23. The summed E-state index contributed by atoms with van der Waals surface area (Å²) in [5.74, 6) is 0.371. The Balaban J connectivity index is 2.21. The Bertz CT molecular complexity index is 715. The highest BCUT2D eigenvalue weighted by molar-refractivity contribution is 7.98. The highest BCUT2D eigenvalue weighted by Crippen LogP contribution is 2.38. The standard InChI is InChI=1S/C13H9F4N3S/c14-6-1-2-9(13(15,16)17)7(3-6)12-19-10-5-21-4-8(10)11(18)20-12/h1-3H,4-5H2,(H2,18,19,20). The predicted octanol–water partition coefficient (Wildman–Crippen LogP) is 3.63. The van der Waals surface area contributed by atoms with Crippen LogP contribution in [0, 0.1) is 5.82 Å². The number of aromatic nitrogens is 2. The Morgan fingerprint density at radius 2 is 1.90 bits per heavy atom. The number of nitrogens with zero attached hydrogens (tertiary/aromatic N) is 2. The zero-order valence-electron chi connectivity index (χ0n) is 10.5. The Morgan fingerprint density at radius 3 is 2.62 bits per heavy atom. The van der Waals surface area contributed by atoms with Crippen LogP contribution in [0.5, 0.6) is 0 Å². The molecule has 0 bridgehead atoms. The molecule has 3 rings (SSSR count). The monoisotopic (exact) mass is 315 g/mol. The first-order chi connectivity index (χ1) is 9.86. The average molecular weight is 315 g/mol. The molecule has 8 heteroatoms. The maximum Gasteiger partial charge on any atom is 0.417 e. The molecule has 0 aliphatic carbocycles. The van der Waals surface area contributed by atoms with E-state index in [-0.39, 0.29) is 11.6 Å². The maximum absolute atomic E-state index is 13.3. The molecule has 0 saturated carbocycles. The lowest BCUT2D eigenvalue weighted by atomic mass is 10.1. The molecule has 1 aliphatic rings. The summed E-state index contributed by atoms with van der Waals surface area (Å²) in [5.41, 5.74) is 5.75. The normalized spacial score (nSPS) is 14.3. The minimum absolute atomic E-state index is 0.150. The first-order valence-electron chi connectivity index (χ1n) is 5.96. The van der Waals surface area contributed by atoms with Crippen molar-refractivity contribution in [3.8, 4) is 11.4 Å². The third kappa shape index (κ3) is 2.55. The van der Waals surface area contributed by atoms with Gasteiger partial charge in [-0.25, -0.2) is 14.4 Å². The highest BCUT2D eigenvalue weighted by Gasteiger charge is 2.35. The van der Waals surface area contributed by atoms with E-state index >= 15 is 0 Å². The van der Waals surface area contributed by atoms with Crippen molar-refractivity contribution in [3.63, 3.8) is 0 Å². The van der Waals surface area contributed by atoms with E-state index in [0.29, 0.717) is 23.3 Å². The van der Waals surface area contributed by atoms with Gasteiger partial charge in [0.25, 0.3) is 0 Å². The number of thioether (sulfide) groups is 1. The van der Waals surface area contributed by atoms with Crippen LogP contribution in [0.2, 0.25) is 0 Å². The number of rotatable bonds is 1. The van der Waals surface area contributed by atoms with E-state index in [2.05, 4.69) is 9.97 Å². The van der Waals surface area contributed by atoms with Gasteiger partial charge in [0.1, 0.15) is 11.6 Å². The van der Waals surface area contributed by atoms with E-state index in [4.69, 9.17) is 5.73 Å². The third-order valence-electron chi connectivity index (χ3n) is 3.14. The second kappa shape index (κ2) is 4.87. The van der Waals surface area contributed by atoms with Crippen LogP contribution in [0.1, 0.15) is 16.8 Å². The Kier molecular flexibility index (Phi) is 3.27. The van der Waals surface area contributed by atoms with Crippen molar-refractivity contribution in [2.75, 3.05) is 5.73 Å². The number of benzene rings is 1. The second-order valence-electron chi connectivity index (χ2n) is 4.54. The Morgan fingerprint density at radius 1 is 1.14 bits per heavy atom. The number of hydrogen-bond acceptors (Lipinski definition) is 4. The number of hydrogen-bond donors (Lipinski definition) is 1. The minimum atomic E-state index is -4.62. The zero-order valence-corrected chi connectivity index (χ0v) is 11.4. The molecule has 0 spiro atoms. The summed E-state index contributed by atoms with van der Waals surface area (Å²) in [6.45, 7) is 0. The number of nitrogens with two attached hydrogens (primary N) is 1. The number of anilines is 1. The highest BCUT2D eigenvalue weighted by atomic mass is 32.2. The number of halogens is 4. The van der Waals surface area contributed by atoms with Gasteiger partial charge in [-0.05, 0) is 18.2 Å². The quantitative estimate of drug-likeness (QED) is 0.817. The average Bonchev–Trinajstić information content (AvgIpc) is 2.86. The van der Waals surface area contributed by atoms with Crippen molar-refractivity contribution in [1.82, 2.24) is 9.97 Å². The molecule has 0 saturated heterocycles. The fourth-order valence-corrected chi connectivity index (χ4v) is 3.20. The van der Waals surface area contributed by atoms with Crippen LogP contribution < -0.4 is 5.73 Å². The zero-order chi connectivity index (χ0) is 15.2. The van der Waals surface area contributed by atoms with Crippen molar-refractivity contribution in [2.45, 2.75) is 17.7 Å². The Labute approximate surface area is 121 Å². The van der Waals surface area contributed by atoms with Crippen molar-refractivity contribution in [3.05, 3.63) is 40.8 Å². The molecule has 2 heterocycles. The van der Waals surface area contributed by atoms with Gasteiger partial charge >= 0.3 is 6.18 Å². The second-order valence-corrected chi connectivity index (χ2v) is 5.52. The topological polar surface area (TPSA) is 51.8 Å². The van der Waals surface area contributed by atoms with Crippen LogP contribution in [0.25, 0.3) is 11.4 Å². The Hall–Kier alpha value is -1.83. The number of alkyl halides is 3. The molecule has 1 aromatic carbocycles. The summed E-state index contributed by atoms with van der Waals surface area (Å²) >= 11 is 1.56. The molecule has 110 valence electrons. The van der Waals surface area contributed by atoms with Crippen LogP contribution in [0.15, 0.2) is 18.2 Å². The van der Waals surface area contributed by atoms with Gasteiger partial charge in [-0.15, -0.1) is 0 Å². The summed E-state index contributed by atoms with van der Waals surface area (Å²) in [7, 11) is 0. The molecule has 21 heavy (non-hydrogen) atoms. The molecule has 0 radical (unpaired) electrons. The largest absolute Gasteiger partial charge is 0.417 e. The van der Waals surface area contributed by atoms with Crippen molar-refractivity contribution >= 4 is 17.6 Å². The van der Waals surface area contributed by atoms with Crippen LogP contribution in [0.3, 0.4) is 0 Å². The summed E-state index contributed by atoms with van der Waals surface area (Å²) in [5, 5.41) is 0. The van der Waals surface area contributed by atoms with Crippen molar-refractivity contribution in [2.24, 2.45) is 0 Å². The van der Waals surface area contributed by atoms with E-state index in [9.17, 15) is 17.6 Å². The van der Waals surface area contributed by atoms with E-state index in [1.165, 1.54) is 0 Å². The van der Waals surface area contributed by atoms with Gasteiger partial charge in [-0.3, -0.25) is 0 Å². The predicted molar refractivity (Wildman–Crippen MR) is 71.8 cm³/mol. The first kappa shape index (κ1) is 14.1. The van der Waals surface area contributed by atoms with Gasteiger partial charge in [0, 0.05) is 22.6 Å². The van der Waals surface area contributed by atoms with E-state index in [1.54, 1.807) is 11.8 Å². The van der Waals surface area contributed by atoms with E-state index in [1.807, 2.05) is 0 Å². The molecule has 0 unspecified atom stereocenters. The SMILES string of the molecule is Nc1nc(-c2cc(F)ccc2C(F)(F)F)nc2c1CSC2. The molecule has 0 fully saturated rings. The fraction of sp³-hybridized carbons (Fsp3) is 0.231.